The van der Waals surface area contributed by atoms with Crippen molar-refractivity contribution in [2.45, 2.75) is 52.2 Å². The van der Waals surface area contributed by atoms with Crippen LogP contribution in [0.3, 0.4) is 0 Å². The molecule has 2 aliphatic rings. The first kappa shape index (κ1) is 14.3. The van der Waals surface area contributed by atoms with Gasteiger partial charge in [0.15, 0.2) is 0 Å². The second-order valence-corrected chi connectivity index (χ2v) is 7.20. The third kappa shape index (κ3) is 3.94. The van der Waals surface area contributed by atoms with Gasteiger partial charge in [0.2, 0.25) is 0 Å². The summed E-state index contributed by atoms with van der Waals surface area (Å²) >= 11 is 0. The number of ether oxygens (including phenoxy) is 1. The molecule has 1 heterocycles. The van der Waals surface area contributed by atoms with Crippen LogP contribution in [-0.4, -0.2) is 50.3 Å². The van der Waals surface area contributed by atoms with Crippen molar-refractivity contribution in [3.05, 3.63) is 0 Å². The molecule has 1 saturated carbocycles. The van der Waals surface area contributed by atoms with Gasteiger partial charge < -0.3 is 15.0 Å². The molecule has 0 spiro atoms. The highest BCUT2D eigenvalue weighted by molar-refractivity contribution is 4.88. The molecule has 0 radical (unpaired) electrons. The van der Waals surface area contributed by atoms with Crippen LogP contribution in [0.15, 0.2) is 0 Å². The lowest BCUT2D eigenvalue weighted by atomic mass is 9.70. The minimum absolute atomic E-state index is 0.379. The first-order chi connectivity index (χ1) is 8.46. The summed E-state index contributed by atoms with van der Waals surface area (Å²) in [6, 6.07) is 0.731. The summed E-state index contributed by atoms with van der Waals surface area (Å²) in [6.45, 7) is 11.2. The zero-order chi connectivity index (χ0) is 13.2. The van der Waals surface area contributed by atoms with E-state index in [-0.39, 0.29) is 0 Å². The van der Waals surface area contributed by atoms with Crippen molar-refractivity contribution >= 4 is 0 Å². The highest BCUT2D eigenvalue weighted by atomic mass is 16.5. The third-order valence-electron chi connectivity index (χ3n) is 4.48. The maximum Gasteiger partial charge on any atom is 0.0826 e. The van der Waals surface area contributed by atoms with Gasteiger partial charge in [0, 0.05) is 25.7 Å². The van der Waals surface area contributed by atoms with E-state index in [9.17, 15) is 0 Å². The van der Waals surface area contributed by atoms with Gasteiger partial charge in [-0.15, -0.1) is 0 Å². The van der Waals surface area contributed by atoms with Crippen LogP contribution in [0.4, 0.5) is 0 Å². The fourth-order valence-electron chi connectivity index (χ4n) is 3.84. The molecule has 0 amide bonds. The smallest absolute Gasteiger partial charge is 0.0826 e. The van der Waals surface area contributed by atoms with Crippen LogP contribution < -0.4 is 5.32 Å². The molecule has 18 heavy (non-hydrogen) atoms. The zero-order valence-electron chi connectivity index (χ0n) is 12.5. The Morgan fingerprint density at radius 1 is 1.33 bits per heavy atom. The van der Waals surface area contributed by atoms with Gasteiger partial charge in [0.1, 0.15) is 0 Å². The van der Waals surface area contributed by atoms with Crippen molar-refractivity contribution in [1.29, 1.82) is 0 Å². The molecule has 3 atom stereocenters. The normalized spacial score (nSPS) is 36.8. The summed E-state index contributed by atoms with van der Waals surface area (Å²) in [6.07, 6.45) is 4.43. The van der Waals surface area contributed by atoms with Crippen molar-refractivity contribution in [3.63, 3.8) is 0 Å². The molecule has 1 N–H and O–H groups in total. The lowest BCUT2D eigenvalue weighted by Gasteiger charge is -2.43. The average molecular weight is 254 g/mol. The van der Waals surface area contributed by atoms with Crippen LogP contribution in [-0.2, 0) is 4.74 Å². The number of hydrogen-bond acceptors (Lipinski definition) is 3. The van der Waals surface area contributed by atoms with E-state index in [0.717, 1.165) is 38.2 Å². The molecule has 106 valence electrons. The lowest BCUT2D eigenvalue weighted by molar-refractivity contribution is -0.0104. The van der Waals surface area contributed by atoms with Crippen molar-refractivity contribution < 1.29 is 4.74 Å². The number of hydrogen-bond donors (Lipinski definition) is 1. The first-order valence-corrected chi connectivity index (χ1v) is 7.49. The van der Waals surface area contributed by atoms with Gasteiger partial charge in [0.05, 0.1) is 12.7 Å². The predicted molar refractivity (Wildman–Crippen MR) is 75.8 cm³/mol. The molecule has 0 aromatic carbocycles. The highest BCUT2D eigenvalue weighted by Gasteiger charge is 2.34. The number of rotatable bonds is 3. The van der Waals surface area contributed by atoms with Gasteiger partial charge in [0.25, 0.3) is 0 Å². The van der Waals surface area contributed by atoms with E-state index in [2.05, 4.69) is 38.0 Å². The third-order valence-corrected chi connectivity index (χ3v) is 4.48. The summed E-state index contributed by atoms with van der Waals surface area (Å²) in [7, 11) is 2.27. The van der Waals surface area contributed by atoms with Gasteiger partial charge in [-0.2, -0.15) is 0 Å². The Morgan fingerprint density at radius 3 is 2.72 bits per heavy atom. The molecule has 2 fully saturated rings. The fourth-order valence-corrected chi connectivity index (χ4v) is 3.84. The molecule has 1 aliphatic heterocycles. The van der Waals surface area contributed by atoms with Crippen molar-refractivity contribution in [1.82, 2.24) is 10.2 Å². The summed E-state index contributed by atoms with van der Waals surface area (Å²) in [4.78, 5) is 2.54. The Balaban J connectivity index is 1.85. The van der Waals surface area contributed by atoms with Gasteiger partial charge in [-0.05, 0) is 37.6 Å². The van der Waals surface area contributed by atoms with Gasteiger partial charge >= 0.3 is 0 Å². The summed E-state index contributed by atoms with van der Waals surface area (Å²) in [5.74, 6) is 0.853. The van der Waals surface area contributed by atoms with Crippen LogP contribution in [0.2, 0.25) is 0 Å². The SMILES string of the molecule is CC1CC(N(C)CC2CNCCO2)CC(C)(C)C1. The van der Waals surface area contributed by atoms with Crippen LogP contribution in [0, 0.1) is 11.3 Å². The maximum absolute atomic E-state index is 5.81. The van der Waals surface area contributed by atoms with Crippen molar-refractivity contribution in [2.24, 2.45) is 11.3 Å². The minimum atomic E-state index is 0.379. The maximum atomic E-state index is 5.81. The zero-order valence-corrected chi connectivity index (χ0v) is 12.5. The quantitative estimate of drug-likeness (QED) is 0.835. The number of nitrogens with one attached hydrogen (secondary N) is 1. The second kappa shape index (κ2) is 5.89. The second-order valence-electron chi connectivity index (χ2n) is 7.20. The molecule has 1 aliphatic carbocycles. The van der Waals surface area contributed by atoms with E-state index in [4.69, 9.17) is 4.74 Å². The monoisotopic (exact) mass is 254 g/mol. The molecule has 0 aromatic rings. The molecular formula is C15H30N2O. The van der Waals surface area contributed by atoms with E-state index in [1.807, 2.05) is 0 Å². The Morgan fingerprint density at radius 2 is 2.11 bits per heavy atom. The largest absolute Gasteiger partial charge is 0.374 e. The molecule has 1 saturated heterocycles. The Bertz CT molecular complexity index is 261. The number of morpholine rings is 1. The Hall–Kier alpha value is -0.120. The van der Waals surface area contributed by atoms with Crippen molar-refractivity contribution in [2.75, 3.05) is 33.3 Å². The highest BCUT2D eigenvalue weighted by Crippen LogP contribution is 2.40. The van der Waals surface area contributed by atoms with Gasteiger partial charge in [-0.3, -0.25) is 0 Å². The standard InChI is InChI=1S/C15H30N2O/c1-12-7-13(9-15(2,3)8-12)17(4)11-14-10-16-5-6-18-14/h12-14,16H,5-11H2,1-4H3. The van der Waals surface area contributed by atoms with E-state index in [0.29, 0.717) is 11.5 Å². The van der Waals surface area contributed by atoms with E-state index in [1.54, 1.807) is 0 Å². The molecule has 3 heteroatoms. The molecule has 3 nitrogen and oxygen atoms in total. The summed E-state index contributed by atoms with van der Waals surface area (Å²) < 4.78 is 5.81. The number of likely N-dealkylation sites (N-methyl/N-ethyl adjacent to an activating group) is 1. The van der Waals surface area contributed by atoms with Crippen LogP contribution in [0.1, 0.15) is 40.0 Å². The van der Waals surface area contributed by atoms with Crippen molar-refractivity contribution in [3.8, 4) is 0 Å². The molecule has 0 bridgehead atoms. The molecular weight excluding hydrogens is 224 g/mol. The van der Waals surface area contributed by atoms with E-state index in [1.165, 1.54) is 19.3 Å². The topological polar surface area (TPSA) is 24.5 Å². The van der Waals surface area contributed by atoms with Gasteiger partial charge in [-0.25, -0.2) is 0 Å². The minimum Gasteiger partial charge on any atom is -0.374 e. The molecule has 0 aromatic heterocycles. The Kier molecular flexibility index (Phi) is 4.68. The molecule has 2 rings (SSSR count). The van der Waals surface area contributed by atoms with Crippen LogP contribution in [0.25, 0.3) is 0 Å². The summed E-state index contributed by atoms with van der Waals surface area (Å²) in [5.41, 5.74) is 0.502. The first-order valence-electron chi connectivity index (χ1n) is 7.49. The fraction of sp³-hybridized carbons (Fsp3) is 1.00. The van der Waals surface area contributed by atoms with E-state index < -0.39 is 0 Å². The molecule has 3 unspecified atom stereocenters. The Labute approximate surface area is 112 Å². The number of nitrogens with zero attached hydrogens (tertiary/aromatic N) is 1. The van der Waals surface area contributed by atoms with Gasteiger partial charge in [-0.1, -0.05) is 20.8 Å². The van der Waals surface area contributed by atoms with Crippen LogP contribution in [0.5, 0.6) is 0 Å². The lowest BCUT2D eigenvalue weighted by Crippen LogP contribution is -2.49. The van der Waals surface area contributed by atoms with Crippen LogP contribution >= 0.6 is 0 Å². The predicted octanol–water partition coefficient (Wildman–Crippen LogP) is 2.12. The average Bonchev–Trinajstić information content (AvgIpc) is 2.27. The van der Waals surface area contributed by atoms with E-state index >= 15 is 0 Å². The summed E-state index contributed by atoms with van der Waals surface area (Å²) in [5, 5.41) is 3.42.